The van der Waals surface area contributed by atoms with Crippen LogP contribution < -0.4 is 0 Å². The first-order chi connectivity index (χ1) is 7.20. The fourth-order valence-corrected chi connectivity index (χ4v) is 1.43. The molecule has 1 rings (SSSR count). The second-order valence-electron chi connectivity index (χ2n) is 3.27. The minimum Gasteiger partial charge on any atom is -0.211 e. The fraction of sp³-hybridized carbons (Fsp3) is 0.273. The summed E-state index contributed by atoms with van der Waals surface area (Å²) in [6.45, 7) is 3.87. The van der Waals surface area contributed by atoms with Crippen molar-refractivity contribution in [2.45, 2.75) is 19.8 Å². The lowest BCUT2D eigenvalue weighted by Crippen LogP contribution is -1.88. The zero-order valence-electron chi connectivity index (χ0n) is 8.52. The topological polar surface area (TPSA) is 58.9 Å². The van der Waals surface area contributed by atoms with Crippen molar-refractivity contribution in [3.8, 4) is 0 Å². The molecule has 0 aliphatic heterocycles. The van der Waals surface area contributed by atoms with Crippen molar-refractivity contribution in [3.05, 3.63) is 23.8 Å². The average Bonchev–Trinajstić information content (AvgIpc) is 2.18. The molecule has 0 aliphatic rings. The lowest BCUT2D eigenvalue weighted by molar-refractivity contribution is 0.565. The van der Waals surface area contributed by atoms with Gasteiger partial charge in [0.1, 0.15) is 0 Å². The van der Waals surface area contributed by atoms with Gasteiger partial charge in [0, 0.05) is 5.56 Å². The second kappa shape index (κ2) is 5.01. The van der Waals surface area contributed by atoms with E-state index in [1.807, 2.05) is 13.8 Å². The maximum absolute atomic E-state index is 10.2. The summed E-state index contributed by atoms with van der Waals surface area (Å²) < 4.78 is 0. The number of carbonyl (C=O) groups excluding carboxylic acids is 2. The van der Waals surface area contributed by atoms with Crippen molar-refractivity contribution < 1.29 is 9.59 Å². The molecule has 0 radical (unpaired) electrons. The van der Waals surface area contributed by atoms with Crippen LogP contribution in [0.15, 0.2) is 28.2 Å². The van der Waals surface area contributed by atoms with Crippen molar-refractivity contribution in [1.82, 2.24) is 0 Å². The molecule has 0 aliphatic carbocycles. The molecule has 0 heterocycles. The van der Waals surface area contributed by atoms with E-state index in [9.17, 15) is 9.59 Å². The lowest BCUT2D eigenvalue weighted by Gasteiger charge is -2.10. The van der Waals surface area contributed by atoms with Gasteiger partial charge in [-0.25, -0.2) is 9.59 Å². The molecule has 0 bridgehead atoms. The third kappa shape index (κ3) is 2.47. The van der Waals surface area contributed by atoms with Crippen LogP contribution in [0.2, 0.25) is 0 Å². The van der Waals surface area contributed by atoms with Crippen LogP contribution in [0.1, 0.15) is 25.3 Å². The first kappa shape index (κ1) is 11.1. The largest absolute Gasteiger partial charge is 0.240 e. The quantitative estimate of drug-likeness (QED) is 0.559. The average molecular weight is 202 g/mol. The highest BCUT2D eigenvalue weighted by Gasteiger charge is 2.11. The van der Waals surface area contributed by atoms with E-state index >= 15 is 0 Å². The van der Waals surface area contributed by atoms with Gasteiger partial charge >= 0.3 is 0 Å². The SMILES string of the molecule is CC(C)c1c(N=C=O)cccc1N=C=O. The first-order valence-corrected chi connectivity index (χ1v) is 4.49. The Morgan fingerprint density at radius 2 is 1.53 bits per heavy atom. The third-order valence-electron chi connectivity index (χ3n) is 1.97. The summed E-state index contributed by atoms with van der Waals surface area (Å²) in [7, 11) is 0. The monoisotopic (exact) mass is 202 g/mol. The van der Waals surface area contributed by atoms with E-state index in [4.69, 9.17) is 0 Å². The number of aliphatic imine (C=N–C) groups is 2. The molecule has 0 saturated heterocycles. The number of rotatable bonds is 3. The number of hydrogen-bond donors (Lipinski definition) is 0. The maximum atomic E-state index is 10.2. The second-order valence-corrected chi connectivity index (χ2v) is 3.27. The Kier molecular flexibility index (Phi) is 3.69. The van der Waals surface area contributed by atoms with Gasteiger partial charge in [0.2, 0.25) is 12.2 Å². The predicted octanol–water partition coefficient (Wildman–Crippen LogP) is 2.74. The first-order valence-electron chi connectivity index (χ1n) is 4.49. The fourth-order valence-electron chi connectivity index (χ4n) is 1.43. The normalized spacial score (nSPS) is 9.27. The molecule has 1 aromatic rings. The summed E-state index contributed by atoms with van der Waals surface area (Å²) >= 11 is 0. The Labute approximate surface area is 87.4 Å². The van der Waals surface area contributed by atoms with E-state index in [-0.39, 0.29) is 5.92 Å². The van der Waals surface area contributed by atoms with Crippen LogP contribution in [-0.2, 0) is 9.59 Å². The molecule has 0 spiro atoms. The molecule has 0 amide bonds. The zero-order chi connectivity index (χ0) is 11.3. The van der Waals surface area contributed by atoms with Gasteiger partial charge in [0.15, 0.2) is 0 Å². The van der Waals surface area contributed by atoms with E-state index in [0.29, 0.717) is 11.4 Å². The molecule has 0 N–H and O–H groups in total. The van der Waals surface area contributed by atoms with E-state index in [0.717, 1.165) is 5.56 Å². The molecule has 1 aromatic carbocycles. The number of hydrogen-bond acceptors (Lipinski definition) is 4. The highest BCUT2D eigenvalue weighted by Crippen LogP contribution is 2.34. The standard InChI is InChI=1S/C11H10N2O2/c1-8(2)11-9(12-6-14)4-3-5-10(11)13-7-15/h3-5,8H,1-2H3. The summed E-state index contributed by atoms with van der Waals surface area (Å²) in [6, 6.07) is 5.05. The Hall–Kier alpha value is -2.02. The number of benzene rings is 1. The molecule has 0 atom stereocenters. The molecule has 0 saturated carbocycles. The van der Waals surface area contributed by atoms with Crippen molar-refractivity contribution in [1.29, 1.82) is 0 Å². The van der Waals surface area contributed by atoms with Crippen molar-refractivity contribution in [2.75, 3.05) is 0 Å². The van der Waals surface area contributed by atoms with Crippen LogP contribution in [0, 0.1) is 0 Å². The third-order valence-corrected chi connectivity index (χ3v) is 1.97. The van der Waals surface area contributed by atoms with E-state index < -0.39 is 0 Å². The molecule has 0 aromatic heterocycles. The molecule has 15 heavy (non-hydrogen) atoms. The van der Waals surface area contributed by atoms with Crippen LogP contribution >= 0.6 is 0 Å². The molecular formula is C11H10N2O2. The van der Waals surface area contributed by atoms with Crippen molar-refractivity contribution >= 4 is 23.5 Å². The Bertz CT molecular complexity index is 417. The van der Waals surface area contributed by atoms with Crippen LogP contribution in [0.4, 0.5) is 11.4 Å². The summed E-state index contributed by atoms with van der Waals surface area (Å²) in [5.41, 5.74) is 1.75. The zero-order valence-corrected chi connectivity index (χ0v) is 8.52. The van der Waals surface area contributed by atoms with Gasteiger partial charge in [-0.3, -0.25) is 0 Å². The molecule has 4 heteroatoms. The smallest absolute Gasteiger partial charge is 0.211 e. The van der Waals surface area contributed by atoms with Gasteiger partial charge in [-0.2, -0.15) is 9.98 Å². The lowest BCUT2D eigenvalue weighted by atomic mass is 9.99. The highest BCUT2D eigenvalue weighted by molar-refractivity contribution is 5.66. The van der Waals surface area contributed by atoms with Crippen LogP contribution in [0.5, 0.6) is 0 Å². The van der Waals surface area contributed by atoms with Gasteiger partial charge in [0.25, 0.3) is 0 Å². The Morgan fingerprint density at radius 3 is 1.87 bits per heavy atom. The summed E-state index contributed by atoms with van der Waals surface area (Å²) in [6.07, 6.45) is 2.97. The van der Waals surface area contributed by atoms with E-state index in [1.54, 1.807) is 18.2 Å². The summed E-state index contributed by atoms with van der Waals surface area (Å²) in [5.74, 6) is 0.116. The molecule has 0 unspecified atom stereocenters. The van der Waals surface area contributed by atoms with Gasteiger partial charge < -0.3 is 0 Å². The van der Waals surface area contributed by atoms with Crippen LogP contribution in [0.3, 0.4) is 0 Å². The minimum atomic E-state index is 0.116. The van der Waals surface area contributed by atoms with E-state index in [1.165, 1.54) is 12.2 Å². The summed E-state index contributed by atoms with van der Waals surface area (Å²) in [4.78, 5) is 27.6. The van der Waals surface area contributed by atoms with E-state index in [2.05, 4.69) is 9.98 Å². The highest BCUT2D eigenvalue weighted by atomic mass is 16.1. The van der Waals surface area contributed by atoms with Gasteiger partial charge in [0.05, 0.1) is 11.4 Å². The summed E-state index contributed by atoms with van der Waals surface area (Å²) in [5, 5.41) is 0. The van der Waals surface area contributed by atoms with Gasteiger partial charge in [-0.15, -0.1) is 0 Å². The molecule has 4 nitrogen and oxygen atoms in total. The molecule has 76 valence electrons. The predicted molar refractivity (Wildman–Crippen MR) is 56.1 cm³/mol. The van der Waals surface area contributed by atoms with Crippen LogP contribution in [-0.4, -0.2) is 12.2 Å². The molecular weight excluding hydrogens is 192 g/mol. The number of nitrogens with zero attached hydrogens (tertiary/aromatic N) is 2. The number of isocyanates is 2. The minimum absolute atomic E-state index is 0.116. The van der Waals surface area contributed by atoms with Crippen molar-refractivity contribution in [3.63, 3.8) is 0 Å². The maximum Gasteiger partial charge on any atom is 0.240 e. The van der Waals surface area contributed by atoms with Crippen LogP contribution in [0.25, 0.3) is 0 Å². The Morgan fingerprint density at radius 1 is 1.07 bits per heavy atom. The van der Waals surface area contributed by atoms with Gasteiger partial charge in [-0.05, 0) is 18.1 Å². The Balaban J connectivity index is 3.47. The van der Waals surface area contributed by atoms with Crippen molar-refractivity contribution in [2.24, 2.45) is 9.98 Å². The van der Waals surface area contributed by atoms with Gasteiger partial charge in [-0.1, -0.05) is 19.9 Å². The molecule has 0 fully saturated rings.